The van der Waals surface area contributed by atoms with Crippen LogP contribution >= 0.6 is 15.9 Å². The van der Waals surface area contributed by atoms with E-state index in [-0.39, 0.29) is 6.04 Å². The summed E-state index contributed by atoms with van der Waals surface area (Å²) in [7, 11) is 1.74. The van der Waals surface area contributed by atoms with Crippen LogP contribution in [0.2, 0.25) is 0 Å². The van der Waals surface area contributed by atoms with Crippen molar-refractivity contribution in [2.75, 3.05) is 20.3 Å². The number of halogens is 1. The second kappa shape index (κ2) is 8.16. The van der Waals surface area contributed by atoms with Gasteiger partial charge in [0.05, 0.1) is 13.2 Å². The Hall–Kier alpha value is -0.580. The predicted molar refractivity (Wildman–Crippen MR) is 89.9 cm³/mol. The van der Waals surface area contributed by atoms with E-state index in [4.69, 9.17) is 9.47 Å². The van der Waals surface area contributed by atoms with Crippen LogP contribution in [0, 0.1) is 5.92 Å². The van der Waals surface area contributed by atoms with E-state index in [9.17, 15) is 0 Å². The molecule has 0 aromatic heterocycles. The molecule has 0 saturated carbocycles. The van der Waals surface area contributed by atoms with Crippen LogP contribution in [-0.2, 0) is 4.74 Å². The maximum absolute atomic E-state index is 5.91. The van der Waals surface area contributed by atoms with Crippen molar-refractivity contribution in [1.82, 2.24) is 5.32 Å². The number of benzene rings is 1. The molecular formula is C17H26BrNO2. The van der Waals surface area contributed by atoms with E-state index in [1.54, 1.807) is 7.11 Å². The van der Waals surface area contributed by atoms with Gasteiger partial charge in [0.2, 0.25) is 0 Å². The Balaban J connectivity index is 2.33. The first-order valence-electron chi connectivity index (χ1n) is 7.89. The largest absolute Gasteiger partial charge is 0.496 e. The Kier molecular flexibility index (Phi) is 6.52. The summed E-state index contributed by atoms with van der Waals surface area (Å²) in [5, 5.41) is 3.71. The van der Waals surface area contributed by atoms with Crippen molar-refractivity contribution < 1.29 is 9.47 Å². The van der Waals surface area contributed by atoms with E-state index in [1.807, 2.05) is 12.1 Å². The summed E-state index contributed by atoms with van der Waals surface area (Å²) >= 11 is 3.59. The minimum atomic E-state index is 0.282. The fourth-order valence-electron chi connectivity index (χ4n) is 3.21. The van der Waals surface area contributed by atoms with Crippen LogP contribution < -0.4 is 10.1 Å². The lowest BCUT2D eigenvalue weighted by molar-refractivity contribution is 0.0771. The third-order valence-corrected chi connectivity index (χ3v) is 4.73. The van der Waals surface area contributed by atoms with Crippen molar-refractivity contribution in [2.45, 2.75) is 45.3 Å². The normalized spacial score (nSPS) is 23.2. The number of hydrogen-bond donors (Lipinski definition) is 1. The molecule has 1 fully saturated rings. The van der Waals surface area contributed by atoms with Crippen LogP contribution in [-0.4, -0.2) is 26.4 Å². The van der Waals surface area contributed by atoms with Gasteiger partial charge in [-0.05, 0) is 44.0 Å². The molecule has 1 aliphatic heterocycles. The highest BCUT2D eigenvalue weighted by Crippen LogP contribution is 2.39. The highest BCUT2D eigenvalue weighted by Gasteiger charge is 2.35. The van der Waals surface area contributed by atoms with Gasteiger partial charge in [-0.1, -0.05) is 29.8 Å². The van der Waals surface area contributed by atoms with Gasteiger partial charge in [0.1, 0.15) is 5.75 Å². The highest BCUT2D eigenvalue weighted by molar-refractivity contribution is 9.10. The van der Waals surface area contributed by atoms with Gasteiger partial charge in [0.15, 0.2) is 0 Å². The van der Waals surface area contributed by atoms with Gasteiger partial charge in [-0.3, -0.25) is 0 Å². The van der Waals surface area contributed by atoms with Gasteiger partial charge < -0.3 is 14.8 Å². The minimum Gasteiger partial charge on any atom is -0.496 e. The maximum Gasteiger partial charge on any atom is 0.123 e. The van der Waals surface area contributed by atoms with Crippen LogP contribution in [0.15, 0.2) is 22.7 Å². The van der Waals surface area contributed by atoms with Crippen LogP contribution in [0.3, 0.4) is 0 Å². The first kappa shape index (κ1) is 16.8. The number of ether oxygens (including phenoxy) is 2. The van der Waals surface area contributed by atoms with Gasteiger partial charge in [-0.25, -0.2) is 0 Å². The van der Waals surface area contributed by atoms with Crippen LogP contribution in [0.5, 0.6) is 5.75 Å². The summed E-state index contributed by atoms with van der Waals surface area (Å²) in [6.45, 7) is 6.28. The molecule has 0 amide bonds. The summed E-state index contributed by atoms with van der Waals surface area (Å²) in [6.07, 6.45) is 3.63. The summed E-state index contributed by atoms with van der Waals surface area (Å²) in [6, 6.07) is 6.53. The fourth-order valence-corrected chi connectivity index (χ4v) is 3.59. The van der Waals surface area contributed by atoms with Crippen molar-refractivity contribution in [3.05, 3.63) is 28.2 Å². The Morgan fingerprint density at radius 3 is 2.90 bits per heavy atom. The monoisotopic (exact) mass is 355 g/mol. The molecule has 1 N–H and O–H groups in total. The van der Waals surface area contributed by atoms with E-state index < -0.39 is 0 Å². The molecular weight excluding hydrogens is 330 g/mol. The highest BCUT2D eigenvalue weighted by atomic mass is 79.9. The van der Waals surface area contributed by atoms with Gasteiger partial charge in [0.25, 0.3) is 0 Å². The smallest absolute Gasteiger partial charge is 0.123 e. The van der Waals surface area contributed by atoms with Gasteiger partial charge >= 0.3 is 0 Å². The van der Waals surface area contributed by atoms with Crippen LogP contribution in [0.25, 0.3) is 0 Å². The summed E-state index contributed by atoms with van der Waals surface area (Å²) in [4.78, 5) is 0. The van der Waals surface area contributed by atoms with Gasteiger partial charge in [0, 0.05) is 28.6 Å². The Labute approximate surface area is 136 Å². The zero-order valence-electron chi connectivity index (χ0n) is 13.2. The van der Waals surface area contributed by atoms with Gasteiger partial charge in [-0.2, -0.15) is 0 Å². The molecule has 1 heterocycles. The quantitative estimate of drug-likeness (QED) is 0.790. The molecule has 3 nitrogen and oxygen atoms in total. The molecule has 1 aromatic carbocycles. The molecule has 4 heteroatoms. The predicted octanol–water partition coefficient (Wildman–Crippen LogP) is 4.31. The SMILES string of the molecule is CCCNC(c1cc(Br)ccc1OC)C1CCOC1CC. The molecule has 0 radical (unpaired) electrons. The van der Waals surface area contributed by atoms with E-state index >= 15 is 0 Å². The van der Waals surface area contributed by atoms with E-state index in [0.717, 1.165) is 42.6 Å². The van der Waals surface area contributed by atoms with Crippen molar-refractivity contribution in [3.8, 4) is 5.75 Å². The van der Waals surface area contributed by atoms with Crippen molar-refractivity contribution in [3.63, 3.8) is 0 Å². The summed E-state index contributed by atoms with van der Waals surface area (Å²) in [5.74, 6) is 1.46. The summed E-state index contributed by atoms with van der Waals surface area (Å²) in [5.41, 5.74) is 1.23. The molecule has 21 heavy (non-hydrogen) atoms. The maximum atomic E-state index is 5.91. The third-order valence-electron chi connectivity index (χ3n) is 4.23. The zero-order valence-corrected chi connectivity index (χ0v) is 14.8. The van der Waals surface area contributed by atoms with Crippen molar-refractivity contribution >= 4 is 15.9 Å². The third kappa shape index (κ3) is 3.99. The lowest BCUT2D eigenvalue weighted by Crippen LogP contribution is -2.33. The second-order valence-corrected chi connectivity index (χ2v) is 6.50. The molecule has 1 aliphatic rings. The Bertz CT molecular complexity index is 452. The average Bonchev–Trinajstić information content (AvgIpc) is 2.96. The minimum absolute atomic E-state index is 0.282. The molecule has 3 atom stereocenters. The van der Waals surface area contributed by atoms with Crippen molar-refractivity contribution in [1.29, 1.82) is 0 Å². The lowest BCUT2D eigenvalue weighted by Gasteiger charge is -2.30. The molecule has 118 valence electrons. The molecule has 0 spiro atoms. The molecule has 0 aliphatic carbocycles. The number of rotatable bonds is 7. The number of nitrogens with one attached hydrogen (secondary N) is 1. The summed E-state index contributed by atoms with van der Waals surface area (Å²) < 4.78 is 12.6. The molecule has 3 unspecified atom stereocenters. The van der Waals surface area contributed by atoms with E-state index in [2.05, 4.69) is 41.2 Å². The molecule has 1 saturated heterocycles. The van der Waals surface area contributed by atoms with Crippen molar-refractivity contribution in [2.24, 2.45) is 5.92 Å². The Morgan fingerprint density at radius 2 is 2.24 bits per heavy atom. The Morgan fingerprint density at radius 1 is 1.43 bits per heavy atom. The van der Waals surface area contributed by atoms with Crippen LogP contribution in [0.4, 0.5) is 0 Å². The van der Waals surface area contributed by atoms with E-state index in [0.29, 0.717) is 12.0 Å². The lowest BCUT2D eigenvalue weighted by atomic mass is 9.86. The van der Waals surface area contributed by atoms with E-state index in [1.165, 1.54) is 5.56 Å². The zero-order chi connectivity index (χ0) is 15.2. The molecule has 0 bridgehead atoms. The second-order valence-electron chi connectivity index (χ2n) is 5.59. The van der Waals surface area contributed by atoms with Gasteiger partial charge in [-0.15, -0.1) is 0 Å². The number of hydrogen-bond acceptors (Lipinski definition) is 3. The standard InChI is InChI=1S/C17H26BrNO2/c1-4-9-19-17(13-8-10-21-15(13)5-2)14-11-12(18)6-7-16(14)20-3/h6-7,11,13,15,17,19H,4-5,8-10H2,1-3H3. The topological polar surface area (TPSA) is 30.5 Å². The molecule has 2 rings (SSSR count). The first-order valence-corrected chi connectivity index (χ1v) is 8.69. The fraction of sp³-hybridized carbons (Fsp3) is 0.647. The number of methoxy groups -OCH3 is 1. The first-order chi connectivity index (χ1) is 10.2. The average molecular weight is 356 g/mol. The van der Waals surface area contributed by atoms with Crippen LogP contribution in [0.1, 0.15) is 44.7 Å². The molecule has 1 aromatic rings.